The first-order valence-electron chi connectivity index (χ1n) is 3.73. The van der Waals surface area contributed by atoms with E-state index in [0.29, 0.717) is 9.91 Å². The van der Waals surface area contributed by atoms with Crippen molar-refractivity contribution in [2.24, 2.45) is 0 Å². The van der Waals surface area contributed by atoms with Crippen molar-refractivity contribution in [3.05, 3.63) is 29.3 Å². The molecule has 0 bridgehead atoms. The van der Waals surface area contributed by atoms with E-state index in [1.54, 1.807) is 0 Å². The molecule has 1 rings (SSSR count). The Morgan fingerprint density at radius 2 is 1.93 bits per heavy atom. The van der Waals surface area contributed by atoms with Crippen LogP contribution in [0.2, 0.25) is 0 Å². The van der Waals surface area contributed by atoms with Gasteiger partial charge in [-0.3, -0.25) is 0 Å². The first kappa shape index (κ1) is 11.3. The summed E-state index contributed by atoms with van der Waals surface area (Å²) < 4.78 is 36.9. The second-order valence-electron chi connectivity index (χ2n) is 2.79. The monoisotopic (exact) mass is 262 g/mol. The number of carbonyl (C=O) groups excluding carboxylic acids is 1. The number of ketones is 1. The van der Waals surface area contributed by atoms with Gasteiger partial charge in [0, 0.05) is 0 Å². The van der Waals surface area contributed by atoms with E-state index in [9.17, 15) is 18.0 Å². The van der Waals surface area contributed by atoms with E-state index in [0.717, 1.165) is 12.1 Å². The molecular weight excluding hydrogens is 256 g/mol. The van der Waals surface area contributed by atoms with E-state index in [4.69, 9.17) is 0 Å². The molecule has 2 radical (unpaired) electrons. The number of benzene rings is 1. The normalized spacial score (nSPS) is 11.5. The molecule has 1 nitrogen and oxygen atoms in total. The summed E-state index contributed by atoms with van der Waals surface area (Å²) in [7, 11) is 0. The van der Waals surface area contributed by atoms with Crippen LogP contribution in [0.5, 0.6) is 0 Å². The van der Waals surface area contributed by atoms with Gasteiger partial charge in [-0.1, -0.05) is 0 Å². The summed E-state index contributed by atoms with van der Waals surface area (Å²) in [5, 5.41) is 0. The first-order valence-corrected chi connectivity index (χ1v) is 4.67. The predicted molar refractivity (Wildman–Crippen MR) is 46.8 cm³/mol. The van der Waals surface area contributed by atoms with E-state index in [1.165, 1.54) is 13.0 Å². The molecule has 0 atom stereocenters. The van der Waals surface area contributed by atoms with Crippen molar-refractivity contribution in [1.82, 2.24) is 0 Å². The molecule has 5 heteroatoms. The SMILES string of the molecule is CC(=O)c1ccc(C(F)(F)F)cc1[As]. The van der Waals surface area contributed by atoms with Crippen molar-refractivity contribution in [2.75, 3.05) is 0 Å². The van der Waals surface area contributed by atoms with Crippen molar-refractivity contribution in [3.8, 4) is 0 Å². The number of Topliss-reactive ketones (excluding diaryl/α,β-unsaturated/α-hetero) is 1. The number of carbonyl (C=O) groups is 1. The molecule has 0 saturated carbocycles. The summed E-state index contributed by atoms with van der Waals surface area (Å²) in [6.07, 6.45) is -4.36. The maximum absolute atomic E-state index is 12.2. The summed E-state index contributed by atoms with van der Waals surface area (Å²) in [5.74, 6) is -0.241. The van der Waals surface area contributed by atoms with Gasteiger partial charge in [-0.05, 0) is 0 Å². The van der Waals surface area contributed by atoms with Crippen molar-refractivity contribution in [1.29, 1.82) is 0 Å². The molecule has 0 aliphatic carbocycles. The van der Waals surface area contributed by atoms with Crippen LogP contribution in [0, 0.1) is 0 Å². The van der Waals surface area contributed by atoms with Crippen LogP contribution in [0.15, 0.2) is 18.2 Å². The molecule has 0 amide bonds. The van der Waals surface area contributed by atoms with Crippen molar-refractivity contribution in [2.45, 2.75) is 13.1 Å². The van der Waals surface area contributed by atoms with Crippen molar-refractivity contribution in [3.63, 3.8) is 0 Å². The zero-order valence-electron chi connectivity index (χ0n) is 7.22. The van der Waals surface area contributed by atoms with Crippen molar-refractivity contribution >= 4 is 27.0 Å². The Morgan fingerprint density at radius 3 is 2.29 bits per heavy atom. The minimum absolute atomic E-state index is 0.241. The summed E-state index contributed by atoms with van der Waals surface area (Å²) in [6, 6.07) is 3.06. The van der Waals surface area contributed by atoms with E-state index >= 15 is 0 Å². The van der Waals surface area contributed by atoms with Crippen LogP contribution in [0.25, 0.3) is 0 Å². The van der Waals surface area contributed by atoms with Crippen LogP contribution >= 0.6 is 0 Å². The number of alkyl halides is 3. The summed E-state index contributed by atoms with van der Waals surface area (Å²) >= 11 is 1.97. The van der Waals surface area contributed by atoms with Crippen LogP contribution < -0.4 is 4.35 Å². The molecule has 74 valence electrons. The van der Waals surface area contributed by atoms with E-state index < -0.39 is 11.7 Å². The Hall–Kier alpha value is -0.762. The van der Waals surface area contributed by atoms with Crippen LogP contribution in [-0.2, 0) is 6.18 Å². The Morgan fingerprint density at radius 1 is 1.36 bits per heavy atom. The number of halogens is 3. The number of hydrogen-bond donors (Lipinski definition) is 0. The third-order valence-corrected chi connectivity index (χ3v) is 2.48. The molecular formula is C9H6AsF3O. The van der Waals surface area contributed by atoms with Crippen LogP contribution in [0.3, 0.4) is 0 Å². The Bertz CT molecular complexity index is 371. The Kier molecular flexibility index (Phi) is 3.05. The van der Waals surface area contributed by atoms with Gasteiger partial charge < -0.3 is 0 Å². The quantitative estimate of drug-likeness (QED) is 0.556. The third-order valence-electron chi connectivity index (χ3n) is 1.70. The van der Waals surface area contributed by atoms with Gasteiger partial charge in [0.2, 0.25) is 0 Å². The average Bonchev–Trinajstić information content (AvgIpc) is 2.01. The van der Waals surface area contributed by atoms with Crippen LogP contribution in [0.4, 0.5) is 13.2 Å². The standard InChI is InChI=1S/C9H6AsF3O/c1-5(14)7-3-2-6(4-8(7)10)9(11,12)13/h2-4H,1H3. The van der Waals surface area contributed by atoms with Gasteiger partial charge in [0.1, 0.15) is 0 Å². The molecule has 14 heavy (non-hydrogen) atoms. The average molecular weight is 262 g/mol. The van der Waals surface area contributed by atoms with Gasteiger partial charge in [0.05, 0.1) is 0 Å². The molecule has 0 aliphatic rings. The van der Waals surface area contributed by atoms with Crippen LogP contribution in [-0.4, -0.2) is 22.6 Å². The molecule has 0 heterocycles. The Labute approximate surface area is 87.8 Å². The molecule has 0 spiro atoms. The summed E-state index contributed by atoms with van der Waals surface area (Å²) in [4.78, 5) is 10.9. The van der Waals surface area contributed by atoms with Crippen molar-refractivity contribution < 1.29 is 18.0 Å². The molecule has 0 aliphatic heterocycles. The molecule has 1 aromatic carbocycles. The van der Waals surface area contributed by atoms with Gasteiger partial charge in [0.25, 0.3) is 0 Å². The van der Waals surface area contributed by atoms with Gasteiger partial charge in [-0.25, -0.2) is 0 Å². The van der Waals surface area contributed by atoms with Gasteiger partial charge in [-0.15, -0.1) is 0 Å². The van der Waals surface area contributed by atoms with Crippen LogP contribution in [0.1, 0.15) is 22.8 Å². The fraction of sp³-hybridized carbons (Fsp3) is 0.222. The second-order valence-corrected chi connectivity index (χ2v) is 3.80. The Balaban J connectivity index is 3.20. The van der Waals surface area contributed by atoms with Gasteiger partial charge in [-0.2, -0.15) is 0 Å². The fourth-order valence-electron chi connectivity index (χ4n) is 1.01. The zero-order chi connectivity index (χ0) is 10.9. The fourth-order valence-corrected chi connectivity index (χ4v) is 1.78. The molecule has 0 aromatic heterocycles. The summed E-state index contributed by atoms with van der Waals surface area (Å²) in [6.45, 7) is 1.32. The van der Waals surface area contributed by atoms with E-state index in [1.807, 2.05) is 16.9 Å². The van der Waals surface area contributed by atoms with Gasteiger partial charge >= 0.3 is 87.4 Å². The molecule has 0 N–H and O–H groups in total. The second kappa shape index (κ2) is 3.77. The first-order chi connectivity index (χ1) is 6.32. The molecule has 1 aromatic rings. The van der Waals surface area contributed by atoms with Gasteiger partial charge in [0.15, 0.2) is 0 Å². The predicted octanol–water partition coefficient (Wildman–Crippen LogP) is 1.70. The molecule has 0 unspecified atom stereocenters. The maximum atomic E-state index is 12.2. The minimum atomic E-state index is -4.36. The zero-order valence-corrected chi connectivity index (χ0v) is 9.10. The van der Waals surface area contributed by atoms with E-state index in [2.05, 4.69) is 0 Å². The molecule has 0 saturated heterocycles. The summed E-state index contributed by atoms with van der Waals surface area (Å²) in [5.41, 5.74) is -0.434. The van der Waals surface area contributed by atoms with E-state index in [-0.39, 0.29) is 5.78 Å². The number of rotatable bonds is 1. The molecule has 0 fully saturated rings. The third kappa shape index (κ3) is 2.38. The number of hydrogen-bond acceptors (Lipinski definition) is 1. The topological polar surface area (TPSA) is 17.1 Å².